The van der Waals surface area contributed by atoms with Gasteiger partial charge in [0.2, 0.25) is 0 Å². The van der Waals surface area contributed by atoms with Crippen molar-refractivity contribution < 1.29 is 37.9 Å². The molecule has 2 saturated heterocycles. The molecule has 0 atom stereocenters. The fourth-order valence-corrected chi connectivity index (χ4v) is 5.07. The van der Waals surface area contributed by atoms with Crippen LogP contribution in [0.2, 0.25) is 0 Å². The summed E-state index contributed by atoms with van der Waals surface area (Å²) < 4.78 is 45.0. The SMILES string of the molecule is N#C/C(N=Cc1ccc(N2CCOCCOCCOCCOCC2)cc1)=C(\C#N)N=Cc1ccc(N2CCOCCOCCOCCOCC2)cc1. The van der Waals surface area contributed by atoms with Gasteiger partial charge < -0.3 is 47.7 Å². The summed E-state index contributed by atoms with van der Waals surface area (Å²) in [6.45, 7) is 11.3. The summed E-state index contributed by atoms with van der Waals surface area (Å²) in [6, 6.07) is 19.6. The minimum absolute atomic E-state index is 0.0790. The van der Waals surface area contributed by atoms with Crippen LogP contribution in [0.3, 0.4) is 0 Å². The molecule has 0 N–H and O–H groups in total. The largest absolute Gasteiger partial charge is 0.377 e. The molecule has 0 aromatic heterocycles. The molecule has 0 unspecified atom stereocenters. The number of ether oxygens (including phenoxy) is 8. The molecule has 2 aliphatic heterocycles. The zero-order valence-electron chi connectivity index (χ0n) is 29.9. The van der Waals surface area contributed by atoms with E-state index in [1.165, 1.54) is 0 Å². The van der Waals surface area contributed by atoms with Gasteiger partial charge in [0.1, 0.15) is 12.1 Å². The van der Waals surface area contributed by atoms with E-state index in [4.69, 9.17) is 37.9 Å². The zero-order chi connectivity index (χ0) is 36.3. The minimum Gasteiger partial charge on any atom is -0.377 e. The van der Waals surface area contributed by atoms with E-state index >= 15 is 0 Å². The quantitative estimate of drug-likeness (QED) is 0.319. The van der Waals surface area contributed by atoms with Gasteiger partial charge in [-0.25, -0.2) is 9.98 Å². The molecule has 0 spiro atoms. The van der Waals surface area contributed by atoms with E-state index in [9.17, 15) is 10.5 Å². The maximum Gasteiger partial charge on any atom is 0.176 e. The highest BCUT2D eigenvalue weighted by Gasteiger charge is 2.10. The summed E-state index contributed by atoms with van der Waals surface area (Å²) in [7, 11) is 0. The summed E-state index contributed by atoms with van der Waals surface area (Å²) in [5.74, 6) is 0. The molecule has 2 aromatic carbocycles. The van der Waals surface area contributed by atoms with Crippen LogP contribution in [0, 0.1) is 22.7 Å². The number of anilines is 2. The first-order valence-electron chi connectivity index (χ1n) is 17.7. The van der Waals surface area contributed by atoms with E-state index in [1.54, 1.807) is 12.4 Å². The number of aliphatic imine (C=N–C) groups is 2. The van der Waals surface area contributed by atoms with E-state index in [0.29, 0.717) is 132 Å². The number of allylic oxidation sites excluding steroid dienone is 2. The van der Waals surface area contributed by atoms with Gasteiger partial charge in [-0.15, -0.1) is 0 Å². The van der Waals surface area contributed by atoms with Gasteiger partial charge in [-0.05, 0) is 35.4 Å². The van der Waals surface area contributed by atoms with Crippen LogP contribution in [-0.2, 0) is 37.9 Å². The van der Waals surface area contributed by atoms with Gasteiger partial charge in [-0.3, -0.25) is 0 Å². The Morgan fingerprint density at radius 3 is 0.923 bits per heavy atom. The first-order valence-corrected chi connectivity index (χ1v) is 17.7. The molecular formula is C38H50N6O8. The van der Waals surface area contributed by atoms with Crippen molar-refractivity contribution in [2.75, 3.05) is 142 Å². The average molecular weight is 719 g/mol. The Balaban J connectivity index is 1.35. The molecule has 2 fully saturated rings. The van der Waals surface area contributed by atoms with Crippen molar-refractivity contribution in [2.24, 2.45) is 9.98 Å². The summed E-state index contributed by atoms with van der Waals surface area (Å²) in [4.78, 5) is 13.0. The Hall–Kier alpha value is -4.22. The molecule has 14 nitrogen and oxygen atoms in total. The fourth-order valence-electron chi connectivity index (χ4n) is 5.07. The van der Waals surface area contributed by atoms with Gasteiger partial charge in [-0.2, -0.15) is 10.5 Å². The van der Waals surface area contributed by atoms with Gasteiger partial charge in [0.25, 0.3) is 0 Å². The van der Waals surface area contributed by atoms with E-state index in [0.717, 1.165) is 22.5 Å². The summed E-state index contributed by atoms with van der Waals surface area (Å²) in [6.07, 6.45) is 3.11. The molecule has 2 heterocycles. The molecule has 280 valence electrons. The minimum atomic E-state index is -0.0790. The van der Waals surface area contributed by atoms with Crippen LogP contribution in [0.1, 0.15) is 11.1 Å². The predicted octanol–water partition coefficient (Wildman–Crippen LogP) is 3.26. The highest BCUT2D eigenvalue weighted by Crippen LogP contribution is 2.17. The Labute approximate surface area is 306 Å². The first kappa shape index (κ1) is 40.5. The van der Waals surface area contributed by atoms with E-state index in [2.05, 4.69) is 19.8 Å². The highest BCUT2D eigenvalue weighted by molar-refractivity contribution is 5.83. The lowest BCUT2D eigenvalue weighted by Crippen LogP contribution is -2.31. The zero-order valence-corrected chi connectivity index (χ0v) is 29.9. The van der Waals surface area contributed by atoms with Crippen LogP contribution in [0.15, 0.2) is 69.9 Å². The Morgan fingerprint density at radius 2 is 0.673 bits per heavy atom. The van der Waals surface area contributed by atoms with E-state index in [1.807, 2.05) is 60.7 Å². The van der Waals surface area contributed by atoms with Crippen LogP contribution >= 0.6 is 0 Å². The maximum absolute atomic E-state index is 9.80. The van der Waals surface area contributed by atoms with Gasteiger partial charge in [-0.1, -0.05) is 24.3 Å². The third-order valence-electron chi connectivity index (χ3n) is 7.89. The summed E-state index contributed by atoms with van der Waals surface area (Å²) >= 11 is 0. The van der Waals surface area contributed by atoms with Crippen molar-refractivity contribution in [3.63, 3.8) is 0 Å². The van der Waals surface area contributed by atoms with Crippen molar-refractivity contribution in [3.05, 3.63) is 71.1 Å². The number of nitrogens with zero attached hydrogens (tertiary/aromatic N) is 6. The summed E-state index contributed by atoms with van der Waals surface area (Å²) in [5, 5.41) is 19.6. The molecular weight excluding hydrogens is 668 g/mol. The number of nitriles is 2. The van der Waals surface area contributed by atoms with Crippen molar-refractivity contribution >= 4 is 23.8 Å². The lowest BCUT2D eigenvalue weighted by Gasteiger charge is -2.25. The van der Waals surface area contributed by atoms with Crippen molar-refractivity contribution in [1.82, 2.24) is 0 Å². The molecule has 0 aliphatic carbocycles. The number of benzene rings is 2. The van der Waals surface area contributed by atoms with Gasteiger partial charge in [0.05, 0.1) is 106 Å². The van der Waals surface area contributed by atoms with Crippen LogP contribution < -0.4 is 9.80 Å². The lowest BCUT2D eigenvalue weighted by atomic mass is 10.2. The maximum atomic E-state index is 9.80. The Morgan fingerprint density at radius 1 is 0.423 bits per heavy atom. The average Bonchev–Trinajstić information content (AvgIpc) is 3.20. The molecule has 4 rings (SSSR count). The second kappa shape index (κ2) is 25.7. The van der Waals surface area contributed by atoms with Crippen molar-refractivity contribution in [3.8, 4) is 12.1 Å². The van der Waals surface area contributed by atoms with Gasteiger partial charge in [0.15, 0.2) is 11.4 Å². The molecule has 2 aliphatic rings. The number of hydrogen-bond donors (Lipinski definition) is 0. The molecule has 0 radical (unpaired) electrons. The van der Waals surface area contributed by atoms with E-state index < -0.39 is 0 Å². The molecule has 0 amide bonds. The van der Waals surface area contributed by atoms with Crippen molar-refractivity contribution in [2.45, 2.75) is 0 Å². The van der Waals surface area contributed by atoms with Crippen LogP contribution in [0.25, 0.3) is 0 Å². The van der Waals surface area contributed by atoms with Crippen LogP contribution in [-0.4, -0.2) is 144 Å². The smallest absolute Gasteiger partial charge is 0.176 e. The predicted molar refractivity (Wildman–Crippen MR) is 197 cm³/mol. The second-order valence-corrected chi connectivity index (χ2v) is 11.5. The van der Waals surface area contributed by atoms with E-state index in [-0.39, 0.29) is 11.4 Å². The Kier molecular flexibility index (Phi) is 20.0. The van der Waals surface area contributed by atoms with Crippen LogP contribution in [0.5, 0.6) is 0 Å². The number of rotatable bonds is 6. The fraction of sp³-hybridized carbons (Fsp3) is 0.526. The van der Waals surface area contributed by atoms with Gasteiger partial charge >= 0.3 is 0 Å². The lowest BCUT2D eigenvalue weighted by molar-refractivity contribution is 0.00206. The van der Waals surface area contributed by atoms with Gasteiger partial charge in [0, 0.05) is 50.0 Å². The molecule has 14 heteroatoms. The molecule has 2 aromatic rings. The topological polar surface area (TPSA) is 153 Å². The summed E-state index contributed by atoms with van der Waals surface area (Å²) in [5.41, 5.74) is 3.39. The third kappa shape index (κ3) is 16.0. The molecule has 0 bridgehead atoms. The molecule has 0 saturated carbocycles. The second-order valence-electron chi connectivity index (χ2n) is 11.5. The third-order valence-corrected chi connectivity index (χ3v) is 7.89. The first-order chi connectivity index (χ1) is 25.8. The standard InChI is InChI=1S/C38H50N6O8/c39-29-37(41-31-33-1-5-35(6-2-33)43-9-13-45-17-21-49-25-26-50-22-18-46-14-10-43)38(30-40)42-32-34-3-7-36(8-4-34)44-11-15-47-19-23-51-27-28-52-24-20-48-16-12-44/h1-8,31-32H,9-28H2/b38-37-,41-31?,42-32?. The van der Waals surface area contributed by atoms with Crippen LogP contribution in [0.4, 0.5) is 11.4 Å². The normalized spacial score (nSPS) is 19.7. The number of hydrogen-bond acceptors (Lipinski definition) is 14. The highest BCUT2D eigenvalue weighted by atomic mass is 16.6. The monoisotopic (exact) mass is 718 g/mol. The Bertz CT molecular complexity index is 1310. The molecule has 52 heavy (non-hydrogen) atoms. The van der Waals surface area contributed by atoms with Crippen molar-refractivity contribution in [1.29, 1.82) is 10.5 Å².